The van der Waals surface area contributed by atoms with E-state index in [4.69, 9.17) is 14.2 Å². The van der Waals surface area contributed by atoms with Crippen LogP contribution in [0, 0.1) is 0 Å². The number of unbranched alkanes of at least 4 members (excludes halogenated alkanes) is 31. The van der Waals surface area contributed by atoms with Gasteiger partial charge < -0.3 is 14.2 Å². The van der Waals surface area contributed by atoms with E-state index in [-0.39, 0.29) is 31.1 Å². The maximum Gasteiger partial charge on any atom is 0.306 e. The van der Waals surface area contributed by atoms with E-state index in [2.05, 4.69) is 81.5 Å². The van der Waals surface area contributed by atoms with Gasteiger partial charge in [-0.1, -0.05) is 248 Å². The maximum atomic E-state index is 12.8. The number of carbonyl (C=O) groups is 3. The molecule has 0 saturated carbocycles. The summed E-state index contributed by atoms with van der Waals surface area (Å²) in [7, 11) is 0. The lowest BCUT2D eigenvalue weighted by Crippen LogP contribution is -2.30. The molecule has 0 spiro atoms. The highest BCUT2D eigenvalue weighted by molar-refractivity contribution is 5.71. The maximum absolute atomic E-state index is 12.8. The van der Waals surface area contributed by atoms with Crippen molar-refractivity contribution in [3.05, 3.63) is 60.8 Å². The molecule has 0 heterocycles. The minimum absolute atomic E-state index is 0.0915. The third kappa shape index (κ3) is 50.1. The van der Waals surface area contributed by atoms with Crippen molar-refractivity contribution < 1.29 is 28.6 Å². The number of carbonyl (C=O) groups excluding carboxylic acids is 3. The first-order valence-corrected chi connectivity index (χ1v) is 27.3. The fourth-order valence-electron chi connectivity index (χ4n) is 7.66. The van der Waals surface area contributed by atoms with Gasteiger partial charge in [0.25, 0.3) is 0 Å². The van der Waals surface area contributed by atoms with Crippen molar-refractivity contribution in [2.45, 2.75) is 277 Å². The molecular formula is C58H102O6. The van der Waals surface area contributed by atoms with E-state index in [1.54, 1.807) is 0 Å². The summed E-state index contributed by atoms with van der Waals surface area (Å²) in [6.07, 6.45) is 64.9. The van der Waals surface area contributed by atoms with Crippen molar-refractivity contribution >= 4 is 17.9 Å². The Balaban J connectivity index is 4.39. The summed E-state index contributed by atoms with van der Waals surface area (Å²) in [6, 6.07) is 0. The van der Waals surface area contributed by atoms with Gasteiger partial charge in [-0.25, -0.2) is 0 Å². The molecule has 6 nitrogen and oxygen atoms in total. The Kier molecular flexibility index (Phi) is 50.4. The van der Waals surface area contributed by atoms with Gasteiger partial charge in [0.15, 0.2) is 6.10 Å². The summed E-state index contributed by atoms with van der Waals surface area (Å²) in [5.74, 6) is -0.929. The first-order chi connectivity index (χ1) is 31.5. The van der Waals surface area contributed by atoms with Gasteiger partial charge in [-0.05, 0) is 64.2 Å². The second-order valence-electron chi connectivity index (χ2n) is 18.2. The molecule has 370 valence electrons. The average molecular weight is 895 g/mol. The highest BCUT2D eigenvalue weighted by Crippen LogP contribution is 2.16. The smallest absolute Gasteiger partial charge is 0.306 e. The van der Waals surface area contributed by atoms with Crippen LogP contribution in [0.2, 0.25) is 0 Å². The normalized spacial score (nSPS) is 12.5. The summed E-state index contributed by atoms with van der Waals surface area (Å²) >= 11 is 0. The molecule has 0 amide bonds. The van der Waals surface area contributed by atoms with Gasteiger partial charge in [-0.3, -0.25) is 14.4 Å². The molecule has 0 aliphatic rings. The number of hydrogen-bond acceptors (Lipinski definition) is 6. The van der Waals surface area contributed by atoms with Crippen LogP contribution < -0.4 is 0 Å². The third-order valence-electron chi connectivity index (χ3n) is 11.8. The Morgan fingerprint density at radius 1 is 0.312 bits per heavy atom. The predicted octanol–water partition coefficient (Wildman–Crippen LogP) is 18.0. The molecule has 0 aromatic heterocycles. The van der Waals surface area contributed by atoms with Gasteiger partial charge in [-0.15, -0.1) is 0 Å². The van der Waals surface area contributed by atoms with Gasteiger partial charge in [-0.2, -0.15) is 0 Å². The van der Waals surface area contributed by atoms with Crippen LogP contribution in [0.25, 0.3) is 0 Å². The molecule has 0 N–H and O–H groups in total. The third-order valence-corrected chi connectivity index (χ3v) is 11.8. The molecule has 0 bridgehead atoms. The van der Waals surface area contributed by atoms with Gasteiger partial charge in [0, 0.05) is 19.3 Å². The van der Waals surface area contributed by atoms with Gasteiger partial charge >= 0.3 is 17.9 Å². The van der Waals surface area contributed by atoms with Crippen LogP contribution in [0.5, 0.6) is 0 Å². The molecular weight excluding hydrogens is 793 g/mol. The van der Waals surface area contributed by atoms with E-state index in [9.17, 15) is 14.4 Å². The number of ether oxygens (including phenoxy) is 3. The predicted molar refractivity (Wildman–Crippen MR) is 275 cm³/mol. The van der Waals surface area contributed by atoms with E-state index in [1.807, 2.05) is 0 Å². The lowest BCUT2D eigenvalue weighted by atomic mass is 10.0. The Hall–Kier alpha value is -2.89. The zero-order chi connectivity index (χ0) is 46.5. The van der Waals surface area contributed by atoms with E-state index in [0.717, 1.165) is 89.9 Å². The largest absolute Gasteiger partial charge is 0.462 e. The molecule has 1 unspecified atom stereocenters. The minimum Gasteiger partial charge on any atom is -0.462 e. The van der Waals surface area contributed by atoms with Gasteiger partial charge in [0.1, 0.15) is 13.2 Å². The second kappa shape index (κ2) is 52.7. The summed E-state index contributed by atoms with van der Waals surface area (Å²) < 4.78 is 16.8. The van der Waals surface area contributed by atoms with Crippen molar-refractivity contribution in [2.24, 2.45) is 0 Å². The van der Waals surface area contributed by atoms with Crippen LogP contribution in [0.15, 0.2) is 60.8 Å². The van der Waals surface area contributed by atoms with Crippen LogP contribution in [0.1, 0.15) is 271 Å². The SMILES string of the molecule is CCCC/C=C\C=C/CCCCCC(=O)OCC(COC(=O)CCCCCCC\C=C/C=C\C=C/CCCCCCC)OC(=O)CCCCCCCCCCCCCCCCCCC. The lowest BCUT2D eigenvalue weighted by Gasteiger charge is -2.18. The highest BCUT2D eigenvalue weighted by atomic mass is 16.6. The first-order valence-electron chi connectivity index (χ1n) is 27.3. The van der Waals surface area contributed by atoms with Crippen molar-refractivity contribution in [1.29, 1.82) is 0 Å². The van der Waals surface area contributed by atoms with Crippen molar-refractivity contribution in [2.75, 3.05) is 13.2 Å². The second-order valence-corrected chi connectivity index (χ2v) is 18.2. The molecule has 64 heavy (non-hydrogen) atoms. The molecule has 6 heteroatoms. The quantitative estimate of drug-likeness (QED) is 0.0262. The standard InChI is InChI=1S/C58H102O6/c1-4-7-10-13-16-19-22-24-26-28-30-31-33-36-39-42-45-48-51-57(60)63-54-55(53-62-56(59)50-47-44-41-38-35-21-18-15-12-9-6-3)64-58(61)52-49-46-43-40-37-34-32-29-27-25-23-20-17-14-11-8-5-2/h15,18,21-22,24,26,28,30-31,35,55H,4-14,16-17,19-20,23,25,27,29,32-34,36-54H2,1-3H3/b18-15-,24-22-,28-26-,31-30-,35-21-. The van der Waals surface area contributed by atoms with Crippen LogP contribution in [-0.2, 0) is 28.6 Å². The number of rotatable bonds is 49. The summed E-state index contributed by atoms with van der Waals surface area (Å²) in [5, 5.41) is 0. The summed E-state index contributed by atoms with van der Waals surface area (Å²) in [4.78, 5) is 38.0. The Bertz CT molecular complexity index is 1170. The monoisotopic (exact) mass is 895 g/mol. The molecule has 0 aromatic rings. The van der Waals surface area contributed by atoms with Crippen LogP contribution in [0.4, 0.5) is 0 Å². The van der Waals surface area contributed by atoms with Gasteiger partial charge in [0.2, 0.25) is 0 Å². The fourth-order valence-corrected chi connectivity index (χ4v) is 7.66. The van der Waals surface area contributed by atoms with Crippen LogP contribution >= 0.6 is 0 Å². The number of hydrogen-bond donors (Lipinski definition) is 0. The van der Waals surface area contributed by atoms with Crippen molar-refractivity contribution in [3.63, 3.8) is 0 Å². The van der Waals surface area contributed by atoms with Crippen molar-refractivity contribution in [3.8, 4) is 0 Å². The number of esters is 3. The van der Waals surface area contributed by atoms with E-state index >= 15 is 0 Å². The fraction of sp³-hybridized carbons (Fsp3) is 0.776. The Morgan fingerprint density at radius 2 is 0.578 bits per heavy atom. The lowest BCUT2D eigenvalue weighted by molar-refractivity contribution is -0.167. The molecule has 0 aliphatic carbocycles. The van der Waals surface area contributed by atoms with E-state index in [1.165, 1.54) is 141 Å². The highest BCUT2D eigenvalue weighted by Gasteiger charge is 2.19. The zero-order valence-electron chi connectivity index (χ0n) is 42.3. The molecule has 0 rings (SSSR count). The average Bonchev–Trinajstić information content (AvgIpc) is 3.29. The molecule has 0 radical (unpaired) electrons. The summed E-state index contributed by atoms with van der Waals surface area (Å²) in [6.45, 7) is 6.55. The Labute approximate surface area is 396 Å². The topological polar surface area (TPSA) is 78.9 Å². The van der Waals surface area contributed by atoms with E-state index in [0.29, 0.717) is 19.3 Å². The molecule has 0 aliphatic heterocycles. The summed E-state index contributed by atoms with van der Waals surface area (Å²) in [5.41, 5.74) is 0. The molecule has 0 saturated heterocycles. The molecule has 1 atom stereocenters. The number of allylic oxidation sites excluding steroid dienone is 10. The Morgan fingerprint density at radius 3 is 0.938 bits per heavy atom. The molecule has 0 fully saturated rings. The first kappa shape index (κ1) is 61.1. The van der Waals surface area contributed by atoms with Crippen LogP contribution in [-0.4, -0.2) is 37.2 Å². The van der Waals surface area contributed by atoms with Crippen molar-refractivity contribution in [1.82, 2.24) is 0 Å². The zero-order valence-corrected chi connectivity index (χ0v) is 42.3. The molecule has 0 aromatic carbocycles. The minimum atomic E-state index is -0.791. The van der Waals surface area contributed by atoms with Crippen LogP contribution in [0.3, 0.4) is 0 Å². The van der Waals surface area contributed by atoms with E-state index < -0.39 is 6.10 Å². The van der Waals surface area contributed by atoms with Gasteiger partial charge in [0.05, 0.1) is 0 Å².